The molecule has 8 heteroatoms. The number of nitrogens with two attached hydrogens (primary N) is 1. The van der Waals surface area contributed by atoms with Gasteiger partial charge in [0, 0.05) is 17.3 Å². The van der Waals surface area contributed by atoms with E-state index >= 15 is 0 Å². The van der Waals surface area contributed by atoms with E-state index < -0.39 is 5.91 Å². The zero-order valence-electron chi connectivity index (χ0n) is 8.97. The van der Waals surface area contributed by atoms with Gasteiger partial charge in [0.1, 0.15) is 0 Å². The fourth-order valence-corrected chi connectivity index (χ4v) is 5.67. The summed E-state index contributed by atoms with van der Waals surface area (Å²) in [5, 5.41) is 11.3. The molecule has 4 N–H and O–H groups in total. The predicted octanol–water partition coefficient (Wildman–Crippen LogP) is 1.32. The molecule has 98 valence electrons. The summed E-state index contributed by atoms with van der Waals surface area (Å²) in [6, 6.07) is 1.73. The van der Waals surface area contributed by atoms with Crippen molar-refractivity contribution in [2.45, 2.75) is 0 Å². The van der Waals surface area contributed by atoms with Crippen LogP contribution in [0.15, 0.2) is 6.07 Å². The van der Waals surface area contributed by atoms with Gasteiger partial charge in [-0.2, -0.15) is 0 Å². The minimum Gasteiger partial charge on any atom is -0.395 e. The molecule has 0 unspecified atom stereocenters. The van der Waals surface area contributed by atoms with E-state index in [4.69, 9.17) is 10.8 Å². The Bertz CT molecular complexity index is 506. The van der Waals surface area contributed by atoms with Crippen LogP contribution in [0.4, 0.5) is 0 Å². The van der Waals surface area contributed by atoms with Gasteiger partial charge in [-0.3, -0.25) is 9.59 Å². The van der Waals surface area contributed by atoms with Crippen LogP contribution in [-0.4, -0.2) is 30.1 Å². The van der Waals surface area contributed by atoms with Gasteiger partial charge in [-0.05, 0) is 73.8 Å². The molecule has 0 bridgehead atoms. The first-order valence-electron chi connectivity index (χ1n) is 4.76. The lowest BCUT2D eigenvalue weighted by molar-refractivity contribution is 0.0943. The summed E-state index contributed by atoms with van der Waals surface area (Å²) >= 11 is 5.99. The average molecular weight is 586 g/mol. The van der Waals surface area contributed by atoms with Crippen molar-refractivity contribution in [1.82, 2.24) is 5.32 Å². The van der Waals surface area contributed by atoms with Gasteiger partial charge in [-0.1, -0.05) is 0 Å². The largest absolute Gasteiger partial charge is 0.395 e. The summed E-state index contributed by atoms with van der Waals surface area (Å²) < 4.78 is 1.99. The first-order valence-corrected chi connectivity index (χ1v) is 8.00. The first kappa shape index (κ1) is 16.4. The molecule has 1 aromatic carbocycles. The second kappa shape index (κ2) is 7.19. The highest BCUT2D eigenvalue weighted by Gasteiger charge is 2.21. The van der Waals surface area contributed by atoms with Gasteiger partial charge in [-0.15, -0.1) is 0 Å². The summed E-state index contributed by atoms with van der Waals surface area (Å²) in [5.41, 5.74) is 6.08. The molecule has 0 heterocycles. The molecule has 0 aliphatic rings. The number of aliphatic hydroxyl groups is 1. The molecule has 1 rings (SSSR count). The Balaban J connectivity index is 3.31. The number of rotatable bonds is 4. The third kappa shape index (κ3) is 3.66. The molecule has 0 saturated carbocycles. The molecule has 0 fully saturated rings. The molecule has 1 aromatic rings. The fourth-order valence-electron chi connectivity index (χ4n) is 1.28. The summed E-state index contributed by atoms with van der Waals surface area (Å²) in [6.45, 7) is 0.0365. The molecule has 0 aromatic heterocycles. The summed E-state index contributed by atoms with van der Waals surface area (Å²) in [6.07, 6.45) is 0. The van der Waals surface area contributed by atoms with Crippen molar-refractivity contribution in [1.29, 1.82) is 0 Å². The Morgan fingerprint density at radius 2 is 1.78 bits per heavy atom. The Morgan fingerprint density at radius 3 is 2.28 bits per heavy atom. The highest BCUT2D eigenvalue weighted by molar-refractivity contribution is 14.1. The van der Waals surface area contributed by atoms with Crippen LogP contribution < -0.4 is 11.1 Å². The highest BCUT2D eigenvalue weighted by atomic mass is 127. The average Bonchev–Trinajstić information content (AvgIpc) is 2.24. The standard InChI is InChI=1S/C10H9I3N2O3/c11-4-3-5(12)7(10(18)15-1-2-16)8(13)6(4)9(14)17/h3,16H,1-2H2,(H2,14,17)(H,15,18). The van der Waals surface area contributed by atoms with Crippen molar-refractivity contribution in [2.24, 2.45) is 5.73 Å². The molecule has 0 saturated heterocycles. The van der Waals surface area contributed by atoms with Crippen LogP contribution in [0.5, 0.6) is 0 Å². The second-order valence-corrected chi connectivity index (χ2v) is 6.65. The van der Waals surface area contributed by atoms with E-state index in [1.165, 1.54) is 0 Å². The molecule has 0 aliphatic carbocycles. The Labute approximate surface area is 145 Å². The lowest BCUT2D eigenvalue weighted by atomic mass is 10.1. The molecular weight excluding hydrogens is 577 g/mol. The summed E-state index contributed by atoms with van der Waals surface area (Å²) in [4.78, 5) is 23.3. The van der Waals surface area contributed by atoms with Crippen molar-refractivity contribution in [2.75, 3.05) is 13.2 Å². The number of hydrogen-bond donors (Lipinski definition) is 3. The smallest absolute Gasteiger partial charge is 0.253 e. The van der Waals surface area contributed by atoms with Gasteiger partial charge in [-0.25, -0.2) is 0 Å². The molecule has 2 amide bonds. The van der Waals surface area contributed by atoms with Crippen LogP contribution in [0.3, 0.4) is 0 Å². The first-order chi connectivity index (χ1) is 8.40. The quantitative estimate of drug-likeness (QED) is 0.466. The van der Waals surface area contributed by atoms with Gasteiger partial charge in [0.15, 0.2) is 0 Å². The van der Waals surface area contributed by atoms with Gasteiger partial charge in [0.25, 0.3) is 11.8 Å². The lowest BCUT2D eigenvalue weighted by Crippen LogP contribution is -2.29. The van der Waals surface area contributed by atoms with Crippen LogP contribution >= 0.6 is 67.8 Å². The molecule has 0 radical (unpaired) electrons. The number of benzene rings is 1. The number of carbonyl (C=O) groups is 2. The number of hydrogen-bond acceptors (Lipinski definition) is 3. The number of nitrogens with one attached hydrogen (secondary N) is 1. The number of carbonyl (C=O) groups excluding carboxylic acids is 2. The second-order valence-electron chi connectivity index (χ2n) is 3.25. The maximum absolute atomic E-state index is 11.9. The zero-order valence-corrected chi connectivity index (χ0v) is 15.4. The van der Waals surface area contributed by atoms with Crippen molar-refractivity contribution in [3.8, 4) is 0 Å². The Morgan fingerprint density at radius 1 is 1.22 bits per heavy atom. The topological polar surface area (TPSA) is 92.4 Å². The SMILES string of the molecule is NC(=O)c1c(I)cc(I)c(C(=O)NCCO)c1I. The number of halogens is 3. The number of aliphatic hydroxyl groups excluding tert-OH is 1. The molecule has 0 spiro atoms. The summed E-state index contributed by atoms with van der Waals surface area (Å²) in [5.74, 6) is -0.881. The van der Waals surface area contributed by atoms with Crippen molar-refractivity contribution in [3.05, 3.63) is 27.9 Å². The van der Waals surface area contributed by atoms with Crippen molar-refractivity contribution < 1.29 is 14.7 Å². The predicted molar refractivity (Wildman–Crippen MR) is 92.5 cm³/mol. The molecule has 0 atom stereocenters. The van der Waals surface area contributed by atoms with Crippen LogP contribution in [0.25, 0.3) is 0 Å². The van der Waals surface area contributed by atoms with Crippen molar-refractivity contribution >= 4 is 79.6 Å². The minimum absolute atomic E-state index is 0.133. The van der Waals surface area contributed by atoms with E-state index in [1.54, 1.807) is 6.07 Å². The normalized spacial score (nSPS) is 10.2. The number of amides is 2. The van der Waals surface area contributed by atoms with E-state index in [0.29, 0.717) is 18.3 Å². The van der Waals surface area contributed by atoms with Crippen molar-refractivity contribution in [3.63, 3.8) is 0 Å². The molecule has 0 aliphatic heterocycles. The molecule has 18 heavy (non-hydrogen) atoms. The fraction of sp³-hybridized carbons (Fsp3) is 0.200. The van der Waals surface area contributed by atoms with Gasteiger partial charge < -0.3 is 16.2 Å². The van der Waals surface area contributed by atoms with E-state index in [-0.39, 0.29) is 19.1 Å². The van der Waals surface area contributed by atoms with Crippen LogP contribution in [0, 0.1) is 10.7 Å². The number of primary amides is 1. The van der Waals surface area contributed by atoms with E-state index in [0.717, 1.165) is 3.57 Å². The molecular formula is C10H9I3N2O3. The monoisotopic (exact) mass is 586 g/mol. The third-order valence-electron chi connectivity index (χ3n) is 2.04. The van der Waals surface area contributed by atoms with Crippen LogP contribution in [-0.2, 0) is 0 Å². The van der Waals surface area contributed by atoms with Crippen LogP contribution in [0.1, 0.15) is 20.7 Å². The van der Waals surface area contributed by atoms with Gasteiger partial charge >= 0.3 is 0 Å². The lowest BCUT2D eigenvalue weighted by Gasteiger charge is -2.12. The minimum atomic E-state index is -0.559. The zero-order chi connectivity index (χ0) is 13.9. The van der Waals surface area contributed by atoms with E-state index in [2.05, 4.69) is 5.32 Å². The Kier molecular flexibility index (Phi) is 6.54. The maximum Gasteiger partial charge on any atom is 0.253 e. The summed E-state index contributed by atoms with van der Waals surface area (Å²) in [7, 11) is 0. The van der Waals surface area contributed by atoms with Crippen LogP contribution in [0.2, 0.25) is 0 Å². The maximum atomic E-state index is 11.9. The molecule has 5 nitrogen and oxygen atoms in total. The van der Waals surface area contributed by atoms with E-state index in [1.807, 2.05) is 67.8 Å². The highest BCUT2D eigenvalue weighted by Crippen LogP contribution is 2.27. The van der Waals surface area contributed by atoms with Gasteiger partial charge in [0.05, 0.1) is 17.7 Å². The third-order valence-corrected chi connectivity index (χ3v) is 4.82. The van der Waals surface area contributed by atoms with E-state index in [9.17, 15) is 9.59 Å². The van der Waals surface area contributed by atoms with Gasteiger partial charge in [0.2, 0.25) is 0 Å². The Hall–Kier alpha value is 0.310.